The Labute approximate surface area is 236 Å². The molecule has 0 radical (unpaired) electrons. The molecule has 5 rings (SSSR count). The normalized spacial score (nSPS) is 22.4. The number of piperidine rings is 1. The smallest absolute Gasteiger partial charge is 0.307 e. The second-order valence-corrected chi connectivity index (χ2v) is 11.7. The van der Waals surface area contributed by atoms with E-state index in [-0.39, 0.29) is 49.1 Å². The summed E-state index contributed by atoms with van der Waals surface area (Å²) < 4.78 is 17.0. The minimum atomic E-state index is -0.374. The maximum Gasteiger partial charge on any atom is 0.307 e. The van der Waals surface area contributed by atoms with Crippen LogP contribution in [0.1, 0.15) is 66.2 Å². The van der Waals surface area contributed by atoms with E-state index in [1.54, 1.807) is 32.4 Å². The Morgan fingerprint density at radius 2 is 1.77 bits per heavy atom. The first-order valence-electron chi connectivity index (χ1n) is 14.4. The summed E-state index contributed by atoms with van der Waals surface area (Å²) in [5.74, 6) is 1.68. The SMILES string of the molecule is COc1cc2c(cc1OC)[C@H]1C[C@@H](COC(=O)CCN3C(=O)Cc4ccccc4C3=O)[C@H](CC(C)C)CN1CC2. The second-order valence-electron chi connectivity index (χ2n) is 11.7. The van der Waals surface area contributed by atoms with Crippen molar-refractivity contribution in [1.82, 2.24) is 9.80 Å². The molecule has 0 spiro atoms. The molecule has 0 aliphatic carbocycles. The first-order chi connectivity index (χ1) is 19.3. The van der Waals surface area contributed by atoms with E-state index in [0.717, 1.165) is 49.4 Å². The molecule has 1 fully saturated rings. The Hall–Kier alpha value is -3.39. The third-order valence-corrected chi connectivity index (χ3v) is 8.68. The molecule has 0 saturated carbocycles. The van der Waals surface area contributed by atoms with Gasteiger partial charge in [0, 0.05) is 31.2 Å². The molecule has 0 unspecified atom stereocenters. The van der Waals surface area contributed by atoms with Crippen molar-refractivity contribution in [3.05, 3.63) is 58.7 Å². The molecule has 3 heterocycles. The van der Waals surface area contributed by atoms with Gasteiger partial charge in [-0.2, -0.15) is 0 Å². The number of fused-ring (bicyclic) bond motifs is 4. The van der Waals surface area contributed by atoms with E-state index in [0.29, 0.717) is 24.0 Å². The Balaban J connectivity index is 1.24. The minimum Gasteiger partial charge on any atom is -0.493 e. The molecule has 1 saturated heterocycles. The van der Waals surface area contributed by atoms with Crippen molar-refractivity contribution in [2.24, 2.45) is 17.8 Å². The van der Waals surface area contributed by atoms with Crippen molar-refractivity contribution in [1.29, 1.82) is 0 Å². The number of methoxy groups -OCH3 is 2. The van der Waals surface area contributed by atoms with Gasteiger partial charge in [-0.05, 0) is 71.9 Å². The number of esters is 1. The summed E-state index contributed by atoms with van der Waals surface area (Å²) in [7, 11) is 3.33. The highest BCUT2D eigenvalue weighted by molar-refractivity contribution is 6.09. The molecule has 8 nitrogen and oxygen atoms in total. The zero-order valence-electron chi connectivity index (χ0n) is 24.0. The van der Waals surface area contributed by atoms with Gasteiger partial charge in [0.05, 0.1) is 33.7 Å². The number of hydrogen-bond donors (Lipinski definition) is 0. The average molecular weight is 549 g/mol. The van der Waals surface area contributed by atoms with Crippen molar-refractivity contribution in [2.75, 3.05) is 40.5 Å². The van der Waals surface area contributed by atoms with Crippen molar-refractivity contribution < 1.29 is 28.6 Å². The maximum atomic E-state index is 12.8. The van der Waals surface area contributed by atoms with E-state index in [9.17, 15) is 14.4 Å². The van der Waals surface area contributed by atoms with E-state index in [2.05, 4.69) is 30.9 Å². The van der Waals surface area contributed by atoms with E-state index >= 15 is 0 Å². The zero-order valence-corrected chi connectivity index (χ0v) is 24.0. The van der Waals surface area contributed by atoms with Crippen LogP contribution in [0, 0.1) is 17.8 Å². The summed E-state index contributed by atoms with van der Waals surface area (Å²) in [5, 5.41) is 0. The zero-order chi connectivity index (χ0) is 28.4. The minimum absolute atomic E-state index is 0.00338. The number of imide groups is 1. The van der Waals surface area contributed by atoms with Gasteiger partial charge >= 0.3 is 5.97 Å². The number of rotatable bonds is 9. The number of nitrogens with zero attached hydrogens (tertiary/aromatic N) is 2. The fourth-order valence-electron chi connectivity index (χ4n) is 6.68. The Morgan fingerprint density at radius 1 is 1.02 bits per heavy atom. The van der Waals surface area contributed by atoms with Crippen LogP contribution in [0.2, 0.25) is 0 Å². The number of carbonyl (C=O) groups is 3. The van der Waals surface area contributed by atoms with Gasteiger partial charge in [0.2, 0.25) is 5.91 Å². The lowest BCUT2D eigenvalue weighted by atomic mass is 9.74. The van der Waals surface area contributed by atoms with Gasteiger partial charge in [-0.1, -0.05) is 32.0 Å². The lowest BCUT2D eigenvalue weighted by Gasteiger charge is -2.47. The van der Waals surface area contributed by atoms with Crippen LogP contribution in [-0.2, 0) is 27.2 Å². The fraction of sp³-hybridized carbons (Fsp3) is 0.531. The third kappa shape index (κ3) is 5.73. The largest absolute Gasteiger partial charge is 0.493 e. The highest BCUT2D eigenvalue weighted by Crippen LogP contribution is 2.45. The number of amides is 2. The number of benzene rings is 2. The lowest BCUT2D eigenvalue weighted by molar-refractivity contribution is -0.147. The summed E-state index contributed by atoms with van der Waals surface area (Å²) in [5.41, 5.74) is 3.82. The monoisotopic (exact) mass is 548 g/mol. The summed E-state index contributed by atoms with van der Waals surface area (Å²) in [6, 6.07) is 11.6. The molecule has 2 aromatic carbocycles. The van der Waals surface area contributed by atoms with Gasteiger partial charge in [0.15, 0.2) is 11.5 Å². The summed E-state index contributed by atoms with van der Waals surface area (Å²) >= 11 is 0. The molecule has 3 aliphatic rings. The topological polar surface area (TPSA) is 85.4 Å². The summed E-state index contributed by atoms with van der Waals surface area (Å²) in [4.78, 5) is 42.0. The fourth-order valence-corrected chi connectivity index (χ4v) is 6.68. The highest BCUT2D eigenvalue weighted by Gasteiger charge is 2.40. The first-order valence-corrected chi connectivity index (χ1v) is 14.4. The van der Waals surface area contributed by atoms with Crippen LogP contribution in [0.4, 0.5) is 0 Å². The highest BCUT2D eigenvalue weighted by atomic mass is 16.5. The van der Waals surface area contributed by atoms with E-state index < -0.39 is 0 Å². The Kier molecular flexibility index (Phi) is 8.45. The third-order valence-electron chi connectivity index (χ3n) is 8.68. The number of hydrogen-bond acceptors (Lipinski definition) is 7. The molecule has 214 valence electrons. The average Bonchev–Trinajstić information content (AvgIpc) is 2.94. The Morgan fingerprint density at radius 3 is 2.52 bits per heavy atom. The number of carbonyl (C=O) groups excluding carboxylic acids is 3. The summed E-state index contributed by atoms with van der Waals surface area (Å²) in [6.07, 6.45) is 3.11. The van der Waals surface area contributed by atoms with Gasteiger partial charge in [-0.3, -0.25) is 24.2 Å². The van der Waals surface area contributed by atoms with Gasteiger partial charge in [-0.25, -0.2) is 0 Å². The van der Waals surface area contributed by atoms with Crippen LogP contribution >= 0.6 is 0 Å². The van der Waals surface area contributed by atoms with Gasteiger partial charge in [0.25, 0.3) is 5.91 Å². The molecular formula is C32H40N2O6. The van der Waals surface area contributed by atoms with Crippen molar-refractivity contribution in [2.45, 2.75) is 52.0 Å². The van der Waals surface area contributed by atoms with E-state index in [1.165, 1.54) is 16.0 Å². The van der Waals surface area contributed by atoms with Crippen LogP contribution < -0.4 is 9.47 Å². The van der Waals surface area contributed by atoms with E-state index in [1.807, 2.05) is 6.07 Å². The molecule has 0 aromatic heterocycles. The van der Waals surface area contributed by atoms with Gasteiger partial charge in [0.1, 0.15) is 0 Å². The standard InChI is InChI=1S/C32H40N2O6/c1-20(2)13-23-18-33-11-9-22-15-28(38-3)29(39-4)17-26(22)27(33)14-24(23)19-40-31(36)10-12-34-30(35)16-21-7-5-6-8-25(21)32(34)37/h5-8,15,17,20,23-24,27H,9-14,16,18-19H2,1-4H3/t23-,24+,27-/m1/s1. The maximum absolute atomic E-state index is 12.8. The molecule has 8 heteroatoms. The van der Waals surface area contributed by atoms with Crippen LogP contribution in [0.25, 0.3) is 0 Å². The van der Waals surface area contributed by atoms with Crippen LogP contribution in [0.3, 0.4) is 0 Å². The van der Waals surface area contributed by atoms with Crippen LogP contribution in [-0.4, -0.2) is 68.0 Å². The molecule has 3 aliphatic heterocycles. The molecule has 40 heavy (non-hydrogen) atoms. The lowest BCUT2D eigenvalue weighted by Crippen LogP contribution is -2.47. The molecule has 3 atom stereocenters. The quantitative estimate of drug-likeness (QED) is 0.338. The molecule has 2 amide bonds. The number of ether oxygens (including phenoxy) is 3. The van der Waals surface area contributed by atoms with Crippen LogP contribution in [0.5, 0.6) is 11.5 Å². The second kappa shape index (κ2) is 12.0. The van der Waals surface area contributed by atoms with Crippen LogP contribution in [0.15, 0.2) is 36.4 Å². The molecular weight excluding hydrogens is 508 g/mol. The van der Waals surface area contributed by atoms with Crippen molar-refractivity contribution in [3.63, 3.8) is 0 Å². The predicted molar refractivity (Wildman–Crippen MR) is 150 cm³/mol. The molecule has 0 N–H and O–H groups in total. The Bertz CT molecular complexity index is 1270. The van der Waals surface area contributed by atoms with Crippen molar-refractivity contribution in [3.8, 4) is 11.5 Å². The molecule has 0 bridgehead atoms. The summed E-state index contributed by atoms with van der Waals surface area (Å²) in [6.45, 7) is 6.82. The van der Waals surface area contributed by atoms with E-state index in [4.69, 9.17) is 14.2 Å². The van der Waals surface area contributed by atoms with Crippen molar-refractivity contribution >= 4 is 17.8 Å². The molecule has 2 aromatic rings. The van der Waals surface area contributed by atoms with Gasteiger partial charge in [-0.15, -0.1) is 0 Å². The first kappa shape index (κ1) is 28.1. The van der Waals surface area contributed by atoms with Gasteiger partial charge < -0.3 is 14.2 Å². The predicted octanol–water partition coefficient (Wildman–Crippen LogP) is 4.44.